The minimum atomic E-state index is 0.0952. The minimum absolute atomic E-state index is 0.0952. The van der Waals surface area contributed by atoms with E-state index < -0.39 is 0 Å². The summed E-state index contributed by atoms with van der Waals surface area (Å²) in [5, 5.41) is 0. The number of nitrogens with zero attached hydrogens (tertiary/aromatic N) is 1. The Balaban J connectivity index is 2.12. The molecular weight excluding hydrogens is 258 g/mol. The predicted octanol–water partition coefficient (Wildman–Crippen LogP) is 2.92. The number of hydrogen-bond acceptors (Lipinski definition) is 3. The van der Waals surface area contributed by atoms with Crippen LogP contribution in [0.15, 0.2) is 23.1 Å². The molecule has 1 fully saturated rings. The van der Waals surface area contributed by atoms with E-state index in [2.05, 4.69) is 12.6 Å². The lowest BCUT2D eigenvalue weighted by Crippen LogP contribution is -2.43. The van der Waals surface area contributed by atoms with E-state index in [1.165, 1.54) is 0 Å². The summed E-state index contributed by atoms with van der Waals surface area (Å²) in [5.74, 6) is 0.0952. The number of aryl methyl sites for hydroxylation is 1. The second kappa shape index (κ2) is 6.44. The maximum Gasteiger partial charge on any atom is 0.254 e. The van der Waals surface area contributed by atoms with Crippen LogP contribution in [-0.2, 0) is 4.74 Å². The lowest BCUT2D eigenvalue weighted by molar-refractivity contribution is 0.00720. The third-order valence-corrected chi connectivity index (χ3v) is 3.80. The summed E-state index contributed by atoms with van der Waals surface area (Å²) in [6.45, 7) is 6.18. The van der Waals surface area contributed by atoms with E-state index in [9.17, 15) is 4.79 Å². The van der Waals surface area contributed by atoms with Crippen molar-refractivity contribution in [1.82, 2.24) is 4.90 Å². The molecule has 104 valence electrons. The van der Waals surface area contributed by atoms with Gasteiger partial charge in [-0.25, -0.2) is 0 Å². The van der Waals surface area contributed by atoms with Crippen LogP contribution < -0.4 is 0 Å². The van der Waals surface area contributed by atoms with Crippen molar-refractivity contribution in [2.45, 2.75) is 37.7 Å². The topological polar surface area (TPSA) is 29.5 Å². The molecule has 1 unspecified atom stereocenters. The van der Waals surface area contributed by atoms with E-state index in [0.29, 0.717) is 13.2 Å². The van der Waals surface area contributed by atoms with Crippen molar-refractivity contribution in [2.24, 2.45) is 0 Å². The van der Waals surface area contributed by atoms with Crippen LogP contribution in [0.2, 0.25) is 0 Å². The van der Waals surface area contributed by atoms with Crippen molar-refractivity contribution in [2.75, 3.05) is 19.7 Å². The zero-order valence-electron chi connectivity index (χ0n) is 11.6. The van der Waals surface area contributed by atoms with E-state index in [1.807, 2.05) is 36.9 Å². The number of thiol groups is 1. The molecule has 1 aromatic carbocycles. The number of amides is 1. The summed E-state index contributed by atoms with van der Waals surface area (Å²) in [6.07, 6.45) is 2.24. The SMILES string of the molecule is CCOC1CCCN(C(=O)c2cc(S)ccc2C)C1. The van der Waals surface area contributed by atoms with Crippen LogP contribution in [-0.4, -0.2) is 36.6 Å². The molecule has 0 N–H and O–H groups in total. The molecule has 1 saturated heterocycles. The lowest BCUT2D eigenvalue weighted by atomic mass is 10.0. The number of likely N-dealkylation sites (tertiary alicyclic amines) is 1. The van der Waals surface area contributed by atoms with Gasteiger partial charge in [0.25, 0.3) is 5.91 Å². The van der Waals surface area contributed by atoms with Gasteiger partial charge in [-0.1, -0.05) is 6.07 Å². The van der Waals surface area contributed by atoms with Gasteiger partial charge in [-0.15, -0.1) is 12.6 Å². The molecule has 0 radical (unpaired) electrons. The van der Waals surface area contributed by atoms with Gasteiger partial charge >= 0.3 is 0 Å². The summed E-state index contributed by atoms with van der Waals surface area (Å²) < 4.78 is 5.64. The highest BCUT2D eigenvalue weighted by molar-refractivity contribution is 7.80. The second-order valence-corrected chi connectivity index (χ2v) is 5.49. The zero-order valence-corrected chi connectivity index (χ0v) is 12.5. The van der Waals surface area contributed by atoms with Crippen molar-refractivity contribution >= 4 is 18.5 Å². The zero-order chi connectivity index (χ0) is 13.8. The van der Waals surface area contributed by atoms with Gasteiger partial charge in [-0.05, 0) is 44.4 Å². The number of ether oxygens (including phenoxy) is 1. The Morgan fingerprint density at radius 2 is 2.32 bits per heavy atom. The van der Waals surface area contributed by atoms with Gasteiger partial charge in [0.2, 0.25) is 0 Å². The van der Waals surface area contributed by atoms with Crippen molar-refractivity contribution in [3.8, 4) is 0 Å². The average Bonchev–Trinajstić information content (AvgIpc) is 2.41. The third-order valence-electron chi connectivity index (χ3n) is 3.52. The molecule has 1 amide bonds. The number of benzene rings is 1. The Morgan fingerprint density at radius 3 is 3.05 bits per heavy atom. The van der Waals surface area contributed by atoms with Crippen molar-refractivity contribution in [3.63, 3.8) is 0 Å². The number of carbonyl (C=O) groups is 1. The molecule has 19 heavy (non-hydrogen) atoms. The number of carbonyl (C=O) groups excluding carboxylic acids is 1. The van der Waals surface area contributed by atoms with E-state index in [4.69, 9.17) is 4.74 Å². The van der Waals surface area contributed by atoms with Crippen LogP contribution in [0.3, 0.4) is 0 Å². The second-order valence-electron chi connectivity index (χ2n) is 4.97. The van der Waals surface area contributed by atoms with Gasteiger partial charge < -0.3 is 9.64 Å². The maximum atomic E-state index is 12.6. The van der Waals surface area contributed by atoms with E-state index >= 15 is 0 Å². The van der Waals surface area contributed by atoms with Crippen molar-refractivity contribution in [3.05, 3.63) is 29.3 Å². The van der Waals surface area contributed by atoms with Crippen LogP contribution >= 0.6 is 12.6 Å². The molecule has 0 aromatic heterocycles. The highest BCUT2D eigenvalue weighted by Crippen LogP contribution is 2.20. The largest absolute Gasteiger partial charge is 0.377 e. The van der Waals surface area contributed by atoms with Gasteiger partial charge in [0.05, 0.1) is 6.10 Å². The molecule has 0 saturated carbocycles. The minimum Gasteiger partial charge on any atom is -0.377 e. The first kappa shape index (κ1) is 14.4. The van der Waals surface area contributed by atoms with Crippen LogP contribution in [0.1, 0.15) is 35.7 Å². The monoisotopic (exact) mass is 279 g/mol. The Labute approximate surface area is 120 Å². The van der Waals surface area contributed by atoms with Crippen LogP contribution in [0.5, 0.6) is 0 Å². The molecule has 0 spiro atoms. The molecule has 1 aliphatic rings. The summed E-state index contributed by atoms with van der Waals surface area (Å²) in [7, 11) is 0. The Bertz CT molecular complexity index is 459. The predicted molar refractivity (Wildman–Crippen MR) is 79.0 cm³/mol. The fraction of sp³-hybridized carbons (Fsp3) is 0.533. The van der Waals surface area contributed by atoms with Crippen molar-refractivity contribution in [1.29, 1.82) is 0 Å². The first-order valence-corrected chi connectivity index (χ1v) is 7.27. The quantitative estimate of drug-likeness (QED) is 0.862. The number of piperidine rings is 1. The average molecular weight is 279 g/mol. The van der Waals surface area contributed by atoms with Crippen LogP contribution in [0.4, 0.5) is 0 Å². The molecule has 1 heterocycles. The first-order valence-electron chi connectivity index (χ1n) is 6.82. The van der Waals surface area contributed by atoms with Crippen molar-refractivity contribution < 1.29 is 9.53 Å². The van der Waals surface area contributed by atoms with Crippen LogP contribution in [0.25, 0.3) is 0 Å². The molecule has 0 aliphatic carbocycles. The Hall–Kier alpha value is -1.00. The number of rotatable bonds is 3. The molecule has 4 heteroatoms. The molecule has 1 aliphatic heterocycles. The normalized spacial score (nSPS) is 19.5. The molecule has 1 aromatic rings. The third kappa shape index (κ3) is 3.51. The summed E-state index contributed by atoms with van der Waals surface area (Å²) in [6, 6.07) is 5.71. The van der Waals surface area contributed by atoms with Gasteiger partial charge in [0, 0.05) is 30.2 Å². The van der Waals surface area contributed by atoms with Gasteiger partial charge in [0.15, 0.2) is 0 Å². The molecular formula is C15H21NO2S. The van der Waals surface area contributed by atoms with E-state index in [-0.39, 0.29) is 12.0 Å². The fourth-order valence-electron chi connectivity index (χ4n) is 2.51. The first-order chi connectivity index (χ1) is 9.11. The standard InChI is InChI=1S/C15H21NO2S/c1-3-18-12-5-4-8-16(10-12)15(17)14-9-13(19)7-6-11(14)2/h6-7,9,12,19H,3-5,8,10H2,1-2H3. The molecule has 1 atom stereocenters. The van der Waals surface area contributed by atoms with Gasteiger partial charge in [-0.2, -0.15) is 0 Å². The van der Waals surface area contributed by atoms with E-state index in [1.54, 1.807) is 0 Å². The number of hydrogen-bond donors (Lipinski definition) is 1. The molecule has 2 rings (SSSR count). The summed E-state index contributed by atoms with van der Waals surface area (Å²) in [5.41, 5.74) is 1.76. The highest BCUT2D eigenvalue weighted by atomic mass is 32.1. The summed E-state index contributed by atoms with van der Waals surface area (Å²) in [4.78, 5) is 15.3. The van der Waals surface area contributed by atoms with Gasteiger partial charge in [-0.3, -0.25) is 4.79 Å². The molecule has 0 bridgehead atoms. The lowest BCUT2D eigenvalue weighted by Gasteiger charge is -2.32. The highest BCUT2D eigenvalue weighted by Gasteiger charge is 2.25. The van der Waals surface area contributed by atoms with Gasteiger partial charge in [0.1, 0.15) is 0 Å². The Morgan fingerprint density at radius 1 is 1.53 bits per heavy atom. The fourth-order valence-corrected chi connectivity index (χ4v) is 2.71. The molecule has 3 nitrogen and oxygen atoms in total. The Kier molecular flexibility index (Phi) is 4.88. The smallest absolute Gasteiger partial charge is 0.254 e. The summed E-state index contributed by atoms with van der Waals surface area (Å²) >= 11 is 4.32. The van der Waals surface area contributed by atoms with Crippen LogP contribution in [0, 0.1) is 6.92 Å². The maximum absolute atomic E-state index is 12.6. The van der Waals surface area contributed by atoms with E-state index in [0.717, 1.165) is 35.4 Å².